The van der Waals surface area contributed by atoms with Crippen molar-refractivity contribution in [3.05, 3.63) is 16.5 Å². The number of hydrogen-bond donors (Lipinski definition) is 1. The number of anilines is 1. The van der Waals surface area contributed by atoms with E-state index in [2.05, 4.69) is 5.32 Å². The van der Waals surface area contributed by atoms with E-state index in [1.54, 1.807) is 11.3 Å². The summed E-state index contributed by atoms with van der Waals surface area (Å²) < 4.78 is 0. The number of carbonyl (C=O) groups excluding carboxylic acids is 1. The van der Waals surface area contributed by atoms with Crippen molar-refractivity contribution in [2.24, 2.45) is 0 Å². The van der Waals surface area contributed by atoms with E-state index < -0.39 is 0 Å². The van der Waals surface area contributed by atoms with Gasteiger partial charge in [0.2, 0.25) is 0 Å². The molecule has 0 amide bonds. The van der Waals surface area contributed by atoms with Gasteiger partial charge in [0.25, 0.3) is 0 Å². The van der Waals surface area contributed by atoms with Gasteiger partial charge < -0.3 is 5.32 Å². The number of aldehydes is 1. The molecule has 0 aliphatic carbocycles. The molecule has 3 heteroatoms. The Balaban J connectivity index is 2.46. The maximum absolute atomic E-state index is 10.3. The highest BCUT2D eigenvalue weighted by Gasteiger charge is 2.12. The molecule has 0 saturated heterocycles. The predicted octanol–water partition coefficient (Wildman–Crippen LogP) is 1.53. The second kappa shape index (κ2) is 2.09. The molecule has 1 aromatic rings. The van der Waals surface area contributed by atoms with E-state index in [-0.39, 0.29) is 0 Å². The van der Waals surface area contributed by atoms with Crippen molar-refractivity contribution in [3.8, 4) is 0 Å². The second-order valence-corrected chi connectivity index (χ2v) is 3.38. The molecule has 1 aliphatic rings. The molecule has 0 unspecified atom stereocenters. The Morgan fingerprint density at radius 3 is 3.30 bits per heavy atom. The summed E-state index contributed by atoms with van der Waals surface area (Å²) in [5, 5.41) is 4.40. The maximum atomic E-state index is 10.3. The van der Waals surface area contributed by atoms with Crippen molar-refractivity contribution in [3.63, 3.8) is 0 Å². The summed E-state index contributed by atoms with van der Waals surface area (Å²) in [6, 6.07) is 1.97. The zero-order valence-corrected chi connectivity index (χ0v) is 6.20. The minimum absolute atomic E-state index is 0.831. The minimum Gasteiger partial charge on any atom is -0.376 e. The zero-order valence-electron chi connectivity index (χ0n) is 5.39. The third-order valence-electron chi connectivity index (χ3n) is 1.62. The van der Waals surface area contributed by atoms with Crippen molar-refractivity contribution in [1.29, 1.82) is 0 Å². The fourth-order valence-corrected chi connectivity index (χ4v) is 2.11. The van der Waals surface area contributed by atoms with Crippen LogP contribution in [0.3, 0.4) is 0 Å². The summed E-state index contributed by atoms with van der Waals surface area (Å²) in [5.74, 6) is 0. The number of thiophene rings is 1. The summed E-state index contributed by atoms with van der Waals surface area (Å²) in [5.41, 5.74) is 1.30. The van der Waals surface area contributed by atoms with Crippen molar-refractivity contribution in [2.45, 2.75) is 6.42 Å². The maximum Gasteiger partial charge on any atom is 0.160 e. The molecule has 0 atom stereocenters. The normalized spacial score (nSPS) is 14.4. The first-order valence-electron chi connectivity index (χ1n) is 3.22. The van der Waals surface area contributed by atoms with E-state index in [0.717, 1.165) is 24.1 Å². The van der Waals surface area contributed by atoms with E-state index >= 15 is 0 Å². The quantitative estimate of drug-likeness (QED) is 0.620. The molecule has 2 heterocycles. The minimum atomic E-state index is 0.831. The molecule has 0 bridgehead atoms. The molecule has 0 fully saturated rings. The average molecular weight is 153 g/mol. The molecule has 52 valence electrons. The molecule has 1 aliphatic heterocycles. The Bertz CT molecular complexity index is 245. The van der Waals surface area contributed by atoms with Crippen molar-refractivity contribution >= 4 is 22.6 Å². The smallest absolute Gasteiger partial charge is 0.160 e. The highest BCUT2D eigenvalue weighted by atomic mass is 32.1. The number of rotatable bonds is 1. The third kappa shape index (κ3) is 0.743. The number of carbonyl (C=O) groups is 1. The SMILES string of the molecule is O=Cc1cc2c(s1)NCC2. The van der Waals surface area contributed by atoms with Crippen LogP contribution >= 0.6 is 11.3 Å². The van der Waals surface area contributed by atoms with Gasteiger partial charge in [-0.15, -0.1) is 11.3 Å². The molecule has 0 radical (unpaired) electrons. The van der Waals surface area contributed by atoms with Crippen LogP contribution in [-0.2, 0) is 6.42 Å². The van der Waals surface area contributed by atoms with Gasteiger partial charge in [0, 0.05) is 6.54 Å². The van der Waals surface area contributed by atoms with Crippen molar-refractivity contribution in [2.75, 3.05) is 11.9 Å². The lowest BCUT2D eigenvalue weighted by atomic mass is 10.2. The zero-order chi connectivity index (χ0) is 6.97. The molecule has 1 N–H and O–H groups in total. The van der Waals surface area contributed by atoms with Crippen LogP contribution in [0, 0.1) is 0 Å². The Morgan fingerprint density at radius 2 is 2.60 bits per heavy atom. The number of hydrogen-bond acceptors (Lipinski definition) is 3. The molecule has 0 aromatic carbocycles. The molecule has 2 nitrogen and oxygen atoms in total. The Kier molecular flexibility index (Phi) is 1.24. The number of nitrogens with one attached hydrogen (secondary N) is 1. The van der Waals surface area contributed by atoms with Gasteiger partial charge in [0.1, 0.15) is 0 Å². The summed E-state index contributed by atoms with van der Waals surface area (Å²) in [7, 11) is 0. The highest BCUT2D eigenvalue weighted by molar-refractivity contribution is 7.17. The van der Waals surface area contributed by atoms with Gasteiger partial charge in [-0.05, 0) is 18.1 Å². The van der Waals surface area contributed by atoms with Gasteiger partial charge in [-0.25, -0.2) is 0 Å². The predicted molar refractivity (Wildman–Crippen MR) is 41.9 cm³/mol. The summed E-state index contributed by atoms with van der Waals surface area (Å²) in [4.78, 5) is 11.1. The van der Waals surface area contributed by atoms with Crippen LogP contribution in [-0.4, -0.2) is 12.8 Å². The summed E-state index contributed by atoms with van der Waals surface area (Å²) in [6.07, 6.45) is 1.98. The van der Waals surface area contributed by atoms with Crippen LogP contribution in [0.4, 0.5) is 5.00 Å². The van der Waals surface area contributed by atoms with Crippen LogP contribution in [0.2, 0.25) is 0 Å². The molecular weight excluding hydrogens is 146 g/mol. The van der Waals surface area contributed by atoms with Crippen molar-refractivity contribution in [1.82, 2.24) is 0 Å². The van der Waals surface area contributed by atoms with Gasteiger partial charge in [0.15, 0.2) is 6.29 Å². The second-order valence-electron chi connectivity index (χ2n) is 2.30. The lowest BCUT2D eigenvalue weighted by Crippen LogP contribution is -1.90. The van der Waals surface area contributed by atoms with Crippen LogP contribution in [0.5, 0.6) is 0 Å². The van der Waals surface area contributed by atoms with E-state index in [9.17, 15) is 4.79 Å². The Hall–Kier alpha value is -0.830. The van der Waals surface area contributed by atoms with Gasteiger partial charge in [-0.1, -0.05) is 0 Å². The van der Waals surface area contributed by atoms with Gasteiger partial charge in [0.05, 0.1) is 9.88 Å². The topological polar surface area (TPSA) is 29.1 Å². The van der Waals surface area contributed by atoms with E-state index in [1.165, 1.54) is 10.6 Å². The first kappa shape index (κ1) is 5.92. The lowest BCUT2D eigenvalue weighted by Gasteiger charge is -1.87. The lowest BCUT2D eigenvalue weighted by molar-refractivity contribution is 0.112. The van der Waals surface area contributed by atoms with Crippen molar-refractivity contribution < 1.29 is 4.79 Å². The number of fused-ring (bicyclic) bond motifs is 1. The first-order chi connectivity index (χ1) is 4.90. The third-order valence-corrected chi connectivity index (χ3v) is 2.68. The van der Waals surface area contributed by atoms with Gasteiger partial charge >= 0.3 is 0 Å². The molecule has 1 aromatic heterocycles. The first-order valence-corrected chi connectivity index (χ1v) is 4.03. The highest BCUT2D eigenvalue weighted by Crippen LogP contribution is 2.30. The van der Waals surface area contributed by atoms with Crippen LogP contribution < -0.4 is 5.32 Å². The van der Waals surface area contributed by atoms with E-state index in [4.69, 9.17) is 0 Å². The van der Waals surface area contributed by atoms with Crippen LogP contribution in [0.25, 0.3) is 0 Å². The molecule has 0 saturated carbocycles. The Labute approximate surface area is 62.9 Å². The Morgan fingerprint density at radius 1 is 1.70 bits per heavy atom. The fraction of sp³-hybridized carbons (Fsp3) is 0.286. The molecular formula is C7H7NOS. The largest absolute Gasteiger partial charge is 0.376 e. The van der Waals surface area contributed by atoms with E-state index in [1.807, 2.05) is 6.07 Å². The van der Waals surface area contributed by atoms with Crippen LogP contribution in [0.15, 0.2) is 6.07 Å². The van der Waals surface area contributed by atoms with Gasteiger partial charge in [-0.3, -0.25) is 4.79 Å². The molecule has 2 rings (SSSR count). The standard InChI is InChI=1S/C7H7NOS/c9-4-6-3-5-1-2-8-7(5)10-6/h3-4,8H,1-2H2. The molecule has 0 spiro atoms. The van der Waals surface area contributed by atoms with Gasteiger partial charge in [-0.2, -0.15) is 0 Å². The fourth-order valence-electron chi connectivity index (χ4n) is 1.15. The van der Waals surface area contributed by atoms with Crippen LogP contribution in [0.1, 0.15) is 15.2 Å². The molecule has 10 heavy (non-hydrogen) atoms. The average Bonchev–Trinajstić information content (AvgIpc) is 2.42. The van der Waals surface area contributed by atoms with E-state index in [0.29, 0.717) is 0 Å². The summed E-state index contributed by atoms with van der Waals surface area (Å²) in [6.45, 7) is 1.03. The monoisotopic (exact) mass is 153 g/mol. The summed E-state index contributed by atoms with van der Waals surface area (Å²) >= 11 is 1.54.